The van der Waals surface area contributed by atoms with Gasteiger partial charge in [-0.05, 0) is 50.5 Å². The number of aromatic nitrogens is 1. The Kier molecular flexibility index (Phi) is 5.84. The third kappa shape index (κ3) is 3.75. The fourth-order valence-electron chi connectivity index (χ4n) is 5.69. The molecule has 2 amide bonds. The number of methoxy groups -OCH3 is 1. The molecule has 0 spiro atoms. The third-order valence-electron chi connectivity index (χ3n) is 7.65. The van der Waals surface area contributed by atoms with Crippen LogP contribution in [0.3, 0.4) is 0 Å². The maximum absolute atomic E-state index is 14.1. The SMILES string of the molecule is COc1ccc2cc3n(c2c1)C[C@](C)(C(=O)NC1CCCCC1)N([C@@H](C)c1ccccc1)C3=O. The molecule has 0 unspecified atom stereocenters. The number of benzene rings is 2. The van der Waals surface area contributed by atoms with Gasteiger partial charge in [-0.3, -0.25) is 9.59 Å². The lowest BCUT2D eigenvalue weighted by molar-refractivity contribution is -0.135. The summed E-state index contributed by atoms with van der Waals surface area (Å²) in [5.41, 5.74) is 1.49. The number of nitrogens with one attached hydrogen (secondary N) is 1. The van der Waals surface area contributed by atoms with Crippen LogP contribution >= 0.6 is 0 Å². The lowest BCUT2D eigenvalue weighted by Gasteiger charge is -2.47. The average Bonchev–Trinajstić information content (AvgIpc) is 3.22. The molecule has 0 bridgehead atoms. The smallest absolute Gasteiger partial charge is 0.271 e. The number of ether oxygens (including phenoxy) is 1. The van der Waals surface area contributed by atoms with Gasteiger partial charge >= 0.3 is 0 Å². The molecule has 6 heteroatoms. The van der Waals surface area contributed by atoms with E-state index in [0.717, 1.165) is 47.9 Å². The van der Waals surface area contributed by atoms with Crippen LogP contribution in [0.4, 0.5) is 0 Å². The van der Waals surface area contributed by atoms with Crippen molar-refractivity contribution in [3.8, 4) is 5.75 Å². The molecule has 1 aromatic heterocycles. The zero-order valence-electron chi connectivity index (χ0n) is 20.2. The second-order valence-electron chi connectivity index (χ2n) is 9.88. The van der Waals surface area contributed by atoms with Crippen molar-refractivity contribution in [3.05, 3.63) is 65.9 Å². The van der Waals surface area contributed by atoms with E-state index in [2.05, 4.69) is 5.32 Å². The Balaban J connectivity index is 1.60. The zero-order chi connectivity index (χ0) is 23.9. The first-order chi connectivity index (χ1) is 16.4. The number of nitrogens with zero attached hydrogens (tertiary/aromatic N) is 2. The average molecular weight is 460 g/mol. The number of hydrogen-bond donors (Lipinski definition) is 1. The Bertz CT molecular complexity index is 1210. The summed E-state index contributed by atoms with van der Waals surface area (Å²) in [5, 5.41) is 4.27. The second kappa shape index (κ2) is 8.82. The summed E-state index contributed by atoms with van der Waals surface area (Å²) < 4.78 is 7.43. The van der Waals surface area contributed by atoms with E-state index in [1.165, 1.54) is 6.42 Å². The van der Waals surface area contributed by atoms with Crippen LogP contribution in [0.2, 0.25) is 0 Å². The molecule has 2 atom stereocenters. The number of rotatable bonds is 5. The Morgan fingerprint density at radius 3 is 2.53 bits per heavy atom. The summed E-state index contributed by atoms with van der Waals surface area (Å²) in [4.78, 5) is 29.8. The summed E-state index contributed by atoms with van der Waals surface area (Å²) in [6, 6.07) is 17.6. The molecule has 0 radical (unpaired) electrons. The van der Waals surface area contributed by atoms with E-state index in [1.807, 2.05) is 73.0 Å². The predicted octanol–water partition coefficient (Wildman–Crippen LogP) is 5.07. The molecule has 178 valence electrons. The predicted molar refractivity (Wildman–Crippen MR) is 133 cm³/mol. The van der Waals surface area contributed by atoms with Gasteiger partial charge in [-0.25, -0.2) is 0 Å². The normalized spacial score (nSPS) is 21.9. The van der Waals surface area contributed by atoms with Crippen LogP contribution in [0, 0.1) is 0 Å². The molecule has 2 aromatic carbocycles. The first-order valence-corrected chi connectivity index (χ1v) is 12.3. The van der Waals surface area contributed by atoms with Crippen molar-refractivity contribution in [1.29, 1.82) is 0 Å². The minimum atomic E-state index is -1.04. The second-order valence-corrected chi connectivity index (χ2v) is 9.88. The van der Waals surface area contributed by atoms with E-state index in [1.54, 1.807) is 12.0 Å². The molecule has 1 aliphatic heterocycles. The van der Waals surface area contributed by atoms with Gasteiger partial charge in [-0.1, -0.05) is 49.6 Å². The summed E-state index contributed by atoms with van der Waals surface area (Å²) in [6.07, 6.45) is 5.49. The molecule has 1 aliphatic carbocycles. The summed E-state index contributed by atoms with van der Waals surface area (Å²) in [7, 11) is 1.64. The van der Waals surface area contributed by atoms with Crippen LogP contribution in [0.25, 0.3) is 10.9 Å². The van der Waals surface area contributed by atoms with E-state index in [0.29, 0.717) is 12.2 Å². The molecule has 2 aliphatic rings. The highest BCUT2D eigenvalue weighted by Crippen LogP contribution is 2.39. The topological polar surface area (TPSA) is 63.6 Å². The highest BCUT2D eigenvalue weighted by Gasteiger charge is 2.50. The largest absolute Gasteiger partial charge is 0.497 e. The third-order valence-corrected chi connectivity index (χ3v) is 7.65. The standard InChI is InChI=1S/C28H33N3O3/c1-19(20-10-6-4-7-11-20)31-26(32)25-16-21-14-15-23(34-3)17-24(21)30(25)18-28(31,2)27(33)29-22-12-8-5-9-13-22/h4,6-7,10-11,14-17,19,22H,5,8-9,12-13,18H2,1-3H3,(H,29,33)/t19-,28+/m0/s1. The molecular weight excluding hydrogens is 426 g/mol. The Morgan fingerprint density at radius 1 is 1.09 bits per heavy atom. The first-order valence-electron chi connectivity index (χ1n) is 12.3. The van der Waals surface area contributed by atoms with Crippen LogP contribution < -0.4 is 10.1 Å². The van der Waals surface area contributed by atoms with Crippen molar-refractivity contribution in [2.45, 2.75) is 70.1 Å². The quantitative estimate of drug-likeness (QED) is 0.579. The molecule has 1 N–H and O–H groups in total. The maximum atomic E-state index is 14.1. The molecule has 1 saturated carbocycles. The van der Waals surface area contributed by atoms with Gasteiger partial charge in [0.05, 0.1) is 25.2 Å². The maximum Gasteiger partial charge on any atom is 0.271 e. The Morgan fingerprint density at radius 2 is 1.82 bits per heavy atom. The van der Waals surface area contributed by atoms with Crippen molar-refractivity contribution < 1.29 is 14.3 Å². The van der Waals surface area contributed by atoms with Gasteiger partial charge in [0.2, 0.25) is 5.91 Å². The van der Waals surface area contributed by atoms with Crippen LogP contribution in [-0.2, 0) is 11.3 Å². The van der Waals surface area contributed by atoms with Crippen LogP contribution in [0.15, 0.2) is 54.6 Å². The minimum Gasteiger partial charge on any atom is -0.497 e. The van der Waals surface area contributed by atoms with Gasteiger partial charge in [0.25, 0.3) is 5.91 Å². The monoisotopic (exact) mass is 459 g/mol. The molecule has 1 fully saturated rings. The van der Waals surface area contributed by atoms with E-state index in [4.69, 9.17) is 4.74 Å². The number of hydrogen-bond acceptors (Lipinski definition) is 3. The minimum absolute atomic E-state index is 0.0778. The summed E-state index contributed by atoms with van der Waals surface area (Å²) in [6.45, 7) is 4.32. The van der Waals surface area contributed by atoms with Gasteiger partial charge in [0.1, 0.15) is 17.0 Å². The number of amides is 2. The zero-order valence-corrected chi connectivity index (χ0v) is 20.2. The number of carbonyl (C=O) groups excluding carboxylic acids is 2. The van der Waals surface area contributed by atoms with E-state index in [-0.39, 0.29) is 23.9 Å². The van der Waals surface area contributed by atoms with Gasteiger partial charge < -0.3 is 19.5 Å². The van der Waals surface area contributed by atoms with Gasteiger partial charge in [-0.15, -0.1) is 0 Å². The van der Waals surface area contributed by atoms with E-state index in [9.17, 15) is 9.59 Å². The molecule has 0 saturated heterocycles. The molecule has 6 nitrogen and oxygen atoms in total. The Hall–Kier alpha value is -3.28. The highest BCUT2D eigenvalue weighted by atomic mass is 16.5. The van der Waals surface area contributed by atoms with Crippen molar-refractivity contribution in [1.82, 2.24) is 14.8 Å². The van der Waals surface area contributed by atoms with Crippen LogP contribution in [-0.4, -0.2) is 40.0 Å². The molecule has 2 heterocycles. The lowest BCUT2D eigenvalue weighted by Crippen LogP contribution is -2.65. The van der Waals surface area contributed by atoms with Crippen LogP contribution in [0.1, 0.15) is 68.0 Å². The lowest BCUT2D eigenvalue weighted by atomic mass is 9.89. The van der Waals surface area contributed by atoms with Crippen molar-refractivity contribution in [2.24, 2.45) is 0 Å². The van der Waals surface area contributed by atoms with Crippen molar-refractivity contribution >= 4 is 22.7 Å². The van der Waals surface area contributed by atoms with E-state index >= 15 is 0 Å². The highest BCUT2D eigenvalue weighted by molar-refractivity contribution is 6.04. The molecule has 3 aromatic rings. The fraction of sp³-hybridized carbons (Fsp3) is 0.429. The first kappa shape index (κ1) is 22.5. The van der Waals surface area contributed by atoms with Gasteiger partial charge in [-0.2, -0.15) is 0 Å². The number of carbonyl (C=O) groups is 2. The van der Waals surface area contributed by atoms with Crippen LogP contribution in [0.5, 0.6) is 5.75 Å². The van der Waals surface area contributed by atoms with Gasteiger partial charge in [0.15, 0.2) is 0 Å². The summed E-state index contributed by atoms with van der Waals surface area (Å²) >= 11 is 0. The van der Waals surface area contributed by atoms with E-state index < -0.39 is 5.54 Å². The Labute approximate surface area is 200 Å². The fourth-order valence-corrected chi connectivity index (χ4v) is 5.69. The molecular formula is C28H33N3O3. The summed E-state index contributed by atoms with van der Waals surface area (Å²) in [5.74, 6) is 0.527. The molecule has 5 rings (SSSR count). The van der Waals surface area contributed by atoms with Crippen molar-refractivity contribution in [3.63, 3.8) is 0 Å². The van der Waals surface area contributed by atoms with Gasteiger partial charge in [0, 0.05) is 17.5 Å². The number of fused-ring (bicyclic) bond motifs is 3. The van der Waals surface area contributed by atoms with Crippen molar-refractivity contribution in [2.75, 3.05) is 7.11 Å². The molecule has 34 heavy (non-hydrogen) atoms.